The molecule has 3 nitrogen and oxygen atoms in total. The Labute approximate surface area is 124 Å². The third-order valence-electron chi connectivity index (χ3n) is 4.27. The first kappa shape index (κ1) is 15.8. The quantitative estimate of drug-likeness (QED) is 0.648. The average Bonchev–Trinajstić information content (AvgIpc) is 3.23. The van der Waals surface area contributed by atoms with E-state index in [0.717, 1.165) is 19.0 Å². The Morgan fingerprint density at radius 2 is 1.60 bits per heavy atom. The van der Waals surface area contributed by atoms with E-state index in [2.05, 4.69) is 37.5 Å². The lowest BCUT2D eigenvalue weighted by Gasteiger charge is -2.29. The summed E-state index contributed by atoms with van der Waals surface area (Å²) >= 11 is 0. The van der Waals surface area contributed by atoms with E-state index < -0.39 is 0 Å². The summed E-state index contributed by atoms with van der Waals surface area (Å²) in [6.45, 7) is 11.6. The molecular weight excluding hydrogens is 248 g/mol. The molecular formula is C17H32N2O. The molecule has 0 aromatic heterocycles. The normalized spacial score (nSPS) is 19.1. The molecule has 2 fully saturated rings. The maximum absolute atomic E-state index is 12.6. The molecule has 20 heavy (non-hydrogen) atoms. The van der Waals surface area contributed by atoms with Crippen molar-refractivity contribution in [3.05, 3.63) is 0 Å². The van der Waals surface area contributed by atoms with Gasteiger partial charge in [-0.3, -0.25) is 9.69 Å². The second-order valence-corrected chi connectivity index (χ2v) is 7.56. The van der Waals surface area contributed by atoms with Crippen LogP contribution in [0.15, 0.2) is 0 Å². The lowest BCUT2D eigenvalue weighted by molar-refractivity contribution is -0.133. The molecule has 0 unspecified atom stereocenters. The molecule has 0 saturated heterocycles. The topological polar surface area (TPSA) is 23.6 Å². The average molecular weight is 280 g/mol. The summed E-state index contributed by atoms with van der Waals surface area (Å²) in [4.78, 5) is 17.2. The number of carbonyl (C=O) groups is 1. The van der Waals surface area contributed by atoms with E-state index >= 15 is 0 Å². The minimum absolute atomic E-state index is 0.372. The number of nitrogens with zero attached hydrogens (tertiary/aromatic N) is 2. The summed E-state index contributed by atoms with van der Waals surface area (Å²) in [7, 11) is 0. The fraction of sp³-hybridized carbons (Fsp3) is 0.941. The molecule has 3 heteroatoms. The highest BCUT2D eigenvalue weighted by molar-refractivity contribution is 5.79. The third-order valence-corrected chi connectivity index (χ3v) is 4.27. The van der Waals surface area contributed by atoms with Gasteiger partial charge >= 0.3 is 0 Å². The summed E-state index contributed by atoms with van der Waals surface area (Å²) in [5, 5.41) is 0. The SMILES string of the molecule is CC(C)CCN(CC(=O)N(CC(C)C)C1CC1)C1CC1. The Kier molecular flexibility index (Phi) is 5.48. The first-order valence-corrected chi connectivity index (χ1v) is 8.51. The lowest BCUT2D eigenvalue weighted by Crippen LogP contribution is -2.44. The third kappa shape index (κ3) is 5.08. The van der Waals surface area contributed by atoms with Crippen LogP contribution in [-0.4, -0.2) is 47.4 Å². The van der Waals surface area contributed by atoms with E-state index in [1.165, 1.54) is 32.1 Å². The smallest absolute Gasteiger partial charge is 0.237 e. The van der Waals surface area contributed by atoms with E-state index in [-0.39, 0.29) is 0 Å². The summed E-state index contributed by atoms with van der Waals surface area (Å²) in [5.41, 5.74) is 0. The molecule has 0 N–H and O–H groups in total. The van der Waals surface area contributed by atoms with E-state index in [0.29, 0.717) is 30.5 Å². The largest absolute Gasteiger partial charge is 0.338 e. The van der Waals surface area contributed by atoms with Crippen LogP contribution in [0, 0.1) is 11.8 Å². The van der Waals surface area contributed by atoms with Gasteiger partial charge in [0.05, 0.1) is 6.54 Å². The van der Waals surface area contributed by atoms with Gasteiger partial charge in [-0.1, -0.05) is 27.7 Å². The van der Waals surface area contributed by atoms with E-state index in [9.17, 15) is 4.79 Å². The first-order chi connectivity index (χ1) is 9.47. The van der Waals surface area contributed by atoms with Gasteiger partial charge in [0, 0.05) is 18.6 Å². The van der Waals surface area contributed by atoms with Crippen molar-refractivity contribution in [1.82, 2.24) is 9.80 Å². The van der Waals surface area contributed by atoms with Crippen LogP contribution in [0.2, 0.25) is 0 Å². The van der Waals surface area contributed by atoms with Gasteiger partial charge in [0.15, 0.2) is 0 Å². The van der Waals surface area contributed by atoms with E-state index in [4.69, 9.17) is 0 Å². The fourth-order valence-corrected chi connectivity index (χ4v) is 2.75. The van der Waals surface area contributed by atoms with Crippen LogP contribution in [0.3, 0.4) is 0 Å². The highest BCUT2D eigenvalue weighted by Crippen LogP contribution is 2.30. The van der Waals surface area contributed by atoms with Gasteiger partial charge < -0.3 is 4.90 Å². The van der Waals surface area contributed by atoms with Crippen molar-refractivity contribution in [1.29, 1.82) is 0 Å². The molecule has 0 bridgehead atoms. The van der Waals surface area contributed by atoms with Crippen molar-refractivity contribution >= 4 is 5.91 Å². The molecule has 0 atom stereocenters. The van der Waals surface area contributed by atoms with Crippen LogP contribution in [0.4, 0.5) is 0 Å². The van der Waals surface area contributed by atoms with Crippen LogP contribution in [-0.2, 0) is 4.79 Å². The molecule has 2 saturated carbocycles. The zero-order valence-electron chi connectivity index (χ0n) is 13.8. The van der Waals surface area contributed by atoms with Crippen LogP contribution in [0.25, 0.3) is 0 Å². The van der Waals surface area contributed by atoms with Gasteiger partial charge in [0.25, 0.3) is 0 Å². The zero-order chi connectivity index (χ0) is 14.7. The Balaban J connectivity index is 1.85. The van der Waals surface area contributed by atoms with E-state index in [1.807, 2.05) is 0 Å². The van der Waals surface area contributed by atoms with Crippen molar-refractivity contribution in [2.45, 2.75) is 71.9 Å². The van der Waals surface area contributed by atoms with Gasteiger partial charge in [-0.2, -0.15) is 0 Å². The predicted octanol–water partition coefficient (Wildman–Crippen LogP) is 3.14. The molecule has 0 heterocycles. The molecule has 0 aliphatic heterocycles. The maximum Gasteiger partial charge on any atom is 0.237 e. The Morgan fingerprint density at radius 3 is 2.05 bits per heavy atom. The molecule has 0 aromatic carbocycles. The van der Waals surface area contributed by atoms with E-state index in [1.54, 1.807) is 0 Å². The van der Waals surface area contributed by atoms with Crippen molar-refractivity contribution in [2.75, 3.05) is 19.6 Å². The van der Waals surface area contributed by atoms with Crippen molar-refractivity contribution < 1.29 is 4.79 Å². The van der Waals surface area contributed by atoms with Crippen molar-refractivity contribution in [3.8, 4) is 0 Å². The number of carbonyl (C=O) groups excluding carboxylic acids is 1. The van der Waals surface area contributed by atoms with Gasteiger partial charge in [-0.05, 0) is 50.5 Å². The standard InChI is InChI=1S/C17H32N2O/c1-13(2)9-10-18(15-5-6-15)12-17(20)19(11-14(3)4)16-7-8-16/h13-16H,5-12H2,1-4H3. The Morgan fingerprint density at radius 1 is 1.00 bits per heavy atom. The molecule has 0 spiro atoms. The number of hydrogen-bond donors (Lipinski definition) is 0. The highest BCUT2D eigenvalue weighted by atomic mass is 16.2. The summed E-state index contributed by atoms with van der Waals surface area (Å²) < 4.78 is 0. The monoisotopic (exact) mass is 280 g/mol. The Hall–Kier alpha value is -0.570. The van der Waals surface area contributed by atoms with Crippen LogP contribution >= 0.6 is 0 Å². The van der Waals surface area contributed by atoms with Crippen LogP contribution in [0.1, 0.15) is 59.8 Å². The predicted molar refractivity (Wildman–Crippen MR) is 83.6 cm³/mol. The number of rotatable bonds is 9. The molecule has 0 radical (unpaired) electrons. The molecule has 1 amide bonds. The minimum atomic E-state index is 0.372. The number of amides is 1. The Bertz CT molecular complexity index is 319. The van der Waals surface area contributed by atoms with Crippen LogP contribution < -0.4 is 0 Å². The maximum atomic E-state index is 12.6. The lowest BCUT2D eigenvalue weighted by atomic mass is 10.1. The molecule has 116 valence electrons. The molecule has 2 rings (SSSR count). The fourth-order valence-electron chi connectivity index (χ4n) is 2.75. The van der Waals surface area contributed by atoms with Crippen molar-refractivity contribution in [3.63, 3.8) is 0 Å². The minimum Gasteiger partial charge on any atom is -0.338 e. The van der Waals surface area contributed by atoms with Gasteiger partial charge in [0.2, 0.25) is 5.91 Å². The van der Waals surface area contributed by atoms with Gasteiger partial charge in [-0.15, -0.1) is 0 Å². The zero-order valence-corrected chi connectivity index (χ0v) is 13.8. The first-order valence-electron chi connectivity index (χ1n) is 8.51. The summed E-state index contributed by atoms with van der Waals surface area (Å²) in [6.07, 6.45) is 6.22. The molecule has 0 aromatic rings. The summed E-state index contributed by atoms with van der Waals surface area (Å²) in [5.74, 6) is 1.67. The molecule has 2 aliphatic rings. The second kappa shape index (κ2) is 6.93. The van der Waals surface area contributed by atoms with Gasteiger partial charge in [0.1, 0.15) is 0 Å². The van der Waals surface area contributed by atoms with Crippen molar-refractivity contribution in [2.24, 2.45) is 11.8 Å². The second-order valence-electron chi connectivity index (χ2n) is 7.56. The highest BCUT2D eigenvalue weighted by Gasteiger charge is 2.36. The number of hydrogen-bond acceptors (Lipinski definition) is 2. The summed E-state index contributed by atoms with van der Waals surface area (Å²) in [6, 6.07) is 1.24. The van der Waals surface area contributed by atoms with Crippen LogP contribution in [0.5, 0.6) is 0 Å². The molecule has 2 aliphatic carbocycles. The van der Waals surface area contributed by atoms with Gasteiger partial charge in [-0.25, -0.2) is 0 Å².